The van der Waals surface area contributed by atoms with Crippen molar-refractivity contribution in [1.82, 2.24) is 28.2 Å². The Balaban J connectivity index is 0.000000263. The first-order valence-electron chi connectivity index (χ1n) is 29.0. The lowest BCUT2D eigenvalue weighted by Crippen LogP contribution is -2.51. The summed E-state index contributed by atoms with van der Waals surface area (Å²) in [6.07, 6.45) is 9.54. The fourth-order valence-corrected chi connectivity index (χ4v) is 27.6. The zero-order chi connectivity index (χ0) is 59.9. The number of Topliss-reactive ketones (excluding diaryl/α,β-unsaturated/α-hetero) is 2. The van der Waals surface area contributed by atoms with E-state index in [1.165, 1.54) is 12.5 Å². The van der Waals surface area contributed by atoms with Crippen molar-refractivity contribution in [3.63, 3.8) is 0 Å². The zero-order valence-electron chi connectivity index (χ0n) is 51.3. The number of aryl methyl sites for hydroxylation is 2. The van der Waals surface area contributed by atoms with Gasteiger partial charge in [-0.3, -0.25) is 14.5 Å². The lowest BCUT2D eigenvalue weighted by Gasteiger charge is -2.44. The highest BCUT2D eigenvalue weighted by atomic mass is 35.5. The number of hydrogen-bond acceptors (Lipinski definition) is 10. The molecule has 4 unspecified atom stereocenters. The Labute approximate surface area is 495 Å². The summed E-state index contributed by atoms with van der Waals surface area (Å²) >= 11 is 15.7. The van der Waals surface area contributed by atoms with Crippen molar-refractivity contribution in [3.8, 4) is 5.75 Å². The maximum Gasteiger partial charge on any atom is 0.411 e. The first-order chi connectivity index (χ1) is 37.5. The topological polar surface area (TPSA) is 138 Å². The predicted octanol–water partition coefficient (Wildman–Crippen LogP) is 16.9. The summed E-state index contributed by atoms with van der Waals surface area (Å²) in [5.41, 5.74) is 7.69. The van der Waals surface area contributed by atoms with E-state index < -0.39 is 39.1 Å². The summed E-state index contributed by atoms with van der Waals surface area (Å²) in [4.78, 5) is 64.5. The summed E-state index contributed by atoms with van der Waals surface area (Å²) in [5, 5.41) is 1.96. The van der Waals surface area contributed by atoms with Crippen LogP contribution in [-0.4, -0.2) is 112 Å². The minimum atomic E-state index is -2.02. The van der Waals surface area contributed by atoms with Crippen molar-refractivity contribution >= 4 is 96.4 Å². The molecule has 5 aromatic rings. The molecule has 13 nitrogen and oxygen atoms in total. The number of halogens is 3. The Morgan fingerprint density at radius 1 is 0.600 bits per heavy atom. The number of likely N-dealkylation sites (tertiary alicyclic amines) is 2. The molecule has 2 aliphatic heterocycles. The monoisotopic (exact) mass is 1190 g/mol. The van der Waals surface area contributed by atoms with E-state index in [0.717, 1.165) is 82.5 Å². The van der Waals surface area contributed by atoms with E-state index >= 15 is 0 Å². The van der Waals surface area contributed by atoms with E-state index in [4.69, 9.17) is 54.2 Å². The van der Waals surface area contributed by atoms with Crippen molar-refractivity contribution in [3.05, 3.63) is 89.0 Å². The first kappa shape index (κ1) is 66.5. The van der Waals surface area contributed by atoms with Gasteiger partial charge in [0, 0.05) is 83.9 Å². The number of carbonyl (C=O) groups excluding carboxylic acids is 4. The van der Waals surface area contributed by atoms with Gasteiger partial charge in [0.15, 0.2) is 39.2 Å². The Morgan fingerprint density at radius 2 is 1.00 bits per heavy atom. The van der Waals surface area contributed by atoms with Crippen molar-refractivity contribution in [2.75, 3.05) is 33.3 Å². The van der Waals surface area contributed by atoms with E-state index in [-0.39, 0.29) is 29.3 Å². The van der Waals surface area contributed by atoms with Crippen LogP contribution in [0.5, 0.6) is 5.75 Å². The van der Waals surface area contributed by atoms with Crippen LogP contribution in [-0.2, 0) is 16.0 Å². The normalized spacial score (nSPS) is 19.1. The van der Waals surface area contributed by atoms with Crippen LogP contribution in [0.25, 0.3) is 22.1 Å². The molecule has 1 amide bonds. The number of benzene rings is 1. The number of methoxy groups -OCH3 is 1. The first-order valence-corrected chi connectivity index (χ1v) is 34.6. The maximum absolute atomic E-state index is 14.3. The SMILES string of the molecule is CC(Cl)OC(=O)Cl.COc1ccc(CN2CC[C@H](C)C(C(=O)c3c(C)cnc4c3ccn4[Si](C(C)C)(C(C)C)C(C)C)C2)cc1.Cc1cnc2c(ccn2[Si](C(C)C)(C(C)C)C(C)C)c1C(=O)C1CN(C(=O)OC(C)Cl)CC[C@@H]1C. The van der Waals surface area contributed by atoms with Crippen LogP contribution in [0.4, 0.5) is 9.59 Å². The van der Waals surface area contributed by atoms with Gasteiger partial charge in [-0.25, -0.2) is 19.6 Å². The standard InChI is InChI=1S/C32H47N3O2Si.C27H42ClN3O3Si.C3H4Cl2O2/c1-21(2)38(22(3)4,23(5)6)35-17-15-28-30(25(8)18-33-32(28)35)31(36)29-20-34(16-14-24(29)7)19-26-10-12-27(37-9)13-11-26;1-16(2)35(17(3)4,18(5)6)31-13-11-22-24(20(8)14-29-26(22)31)25(32)23-15-30(12-10-19(23)7)27(33)34-21(9)28;1-2(4)7-3(5)6/h10-13,15,17-18,21-24,29H,14,16,19-20H2,1-9H3;11,13-14,16-19,21,23H,10,12,15H2,1-9H3;2H,1H3/t24-,29?;19-,21?,23?;/m00./s1. The van der Waals surface area contributed by atoms with E-state index in [9.17, 15) is 19.2 Å². The zero-order valence-corrected chi connectivity index (χ0v) is 55.6. The molecule has 2 fully saturated rings. The number of aromatic nitrogens is 4. The van der Waals surface area contributed by atoms with Crippen LogP contribution in [0.2, 0.25) is 33.2 Å². The summed E-state index contributed by atoms with van der Waals surface area (Å²) in [5.74, 6) is 1.45. The molecular formula is C62H93Cl3N6O7Si2. The number of rotatable bonds is 17. The molecular weight excluding hydrogens is 1100 g/mol. The van der Waals surface area contributed by atoms with Gasteiger partial charge >= 0.3 is 11.5 Å². The highest BCUT2D eigenvalue weighted by molar-refractivity contribution is 6.83. The Bertz CT molecular complexity index is 2860. The van der Waals surface area contributed by atoms with Gasteiger partial charge in [-0.2, -0.15) is 0 Å². The second-order valence-corrected chi connectivity index (χ2v) is 37.5. The van der Waals surface area contributed by atoms with Crippen molar-refractivity contribution in [1.29, 1.82) is 0 Å². The van der Waals surface area contributed by atoms with Crippen molar-refractivity contribution < 1.29 is 33.4 Å². The van der Waals surface area contributed by atoms with Gasteiger partial charge in [-0.05, 0) is 146 Å². The average Bonchev–Trinajstić information content (AvgIpc) is 3.99. The number of amides is 1. The minimum Gasteiger partial charge on any atom is -0.497 e. The molecule has 442 valence electrons. The molecule has 2 aliphatic rings. The molecule has 4 aromatic heterocycles. The van der Waals surface area contributed by atoms with Gasteiger partial charge in [-0.15, -0.1) is 0 Å². The minimum absolute atomic E-state index is 0.0167. The smallest absolute Gasteiger partial charge is 0.411 e. The highest BCUT2D eigenvalue weighted by Crippen LogP contribution is 2.46. The third-order valence-corrected chi connectivity index (χ3v) is 31.5. The van der Waals surface area contributed by atoms with Crippen molar-refractivity contribution in [2.45, 2.75) is 188 Å². The number of hydrogen-bond donors (Lipinski definition) is 0. The second kappa shape index (κ2) is 28.3. The number of fused-ring (bicyclic) bond motifs is 2. The summed E-state index contributed by atoms with van der Waals surface area (Å²) in [7, 11) is -2.31. The molecule has 0 bridgehead atoms. The van der Waals surface area contributed by atoms with E-state index in [1.807, 2.05) is 31.5 Å². The lowest BCUT2D eigenvalue weighted by molar-refractivity contribution is 0.0579. The molecule has 0 spiro atoms. The van der Waals surface area contributed by atoms with Crippen LogP contribution in [0, 0.1) is 37.5 Å². The molecule has 1 aromatic carbocycles. The van der Waals surface area contributed by atoms with Crippen LogP contribution < -0.4 is 4.74 Å². The number of nitrogens with zero attached hydrogens (tertiary/aromatic N) is 6. The number of carbonyl (C=O) groups is 4. The molecule has 0 radical (unpaired) electrons. The number of ether oxygens (including phenoxy) is 3. The van der Waals surface area contributed by atoms with E-state index in [2.05, 4.69) is 159 Å². The van der Waals surface area contributed by atoms with Gasteiger partial charge in [0.2, 0.25) is 0 Å². The molecule has 80 heavy (non-hydrogen) atoms. The number of pyridine rings is 2. The van der Waals surface area contributed by atoms with Gasteiger partial charge in [0.05, 0.1) is 7.11 Å². The van der Waals surface area contributed by atoms with Gasteiger partial charge in [-0.1, -0.05) is 132 Å². The number of ketones is 2. The van der Waals surface area contributed by atoms with Gasteiger partial charge in [0.1, 0.15) is 17.0 Å². The quantitative estimate of drug-likeness (QED) is 0.0383. The highest BCUT2D eigenvalue weighted by Gasteiger charge is 2.48. The molecule has 6 atom stereocenters. The Morgan fingerprint density at radius 3 is 1.36 bits per heavy atom. The Hall–Kier alpha value is -4.26. The summed E-state index contributed by atoms with van der Waals surface area (Å²) in [6.45, 7) is 43.3. The van der Waals surface area contributed by atoms with Crippen LogP contribution >= 0.6 is 34.8 Å². The number of piperidine rings is 2. The predicted molar refractivity (Wildman–Crippen MR) is 334 cm³/mol. The molecule has 2 saturated heterocycles. The van der Waals surface area contributed by atoms with Crippen LogP contribution in [0.1, 0.15) is 161 Å². The molecule has 0 aliphatic carbocycles. The average molecular weight is 1200 g/mol. The fraction of sp³-hybridized carbons (Fsp3) is 0.613. The molecule has 7 rings (SSSR count). The fourth-order valence-electron chi connectivity index (χ4n) is 14.2. The largest absolute Gasteiger partial charge is 0.497 e. The van der Waals surface area contributed by atoms with Crippen LogP contribution in [0.15, 0.2) is 61.2 Å². The van der Waals surface area contributed by atoms with Crippen LogP contribution in [0.3, 0.4) is 0 Å². The molecule has 18 heteroatoms. The Kier molecular flexibility index (Phi) is 23.6. The van der Waals surface area contributed by atoms with E-state index in [1.54, 1.807) is 18.9 Å². The third kappa shape index (κ3) is 14.2. The summed E-state index contributed by atoms with van der Waals surface area (Å²) in [6, 6.07) is 12.6. The lowest BCUT2D eigenvalue weighted by atomic mass is 9.80. The summed E-state index contributed by atoms with van der Waals surface area (Å²) < 4.78 is 19.6. The molecule has 0 saturated carbocycles. The van der Waals surface area contributed by atoms with Gasteiger partial charge < -0.3 is 27.6 Å². The number of alkyl halides is 2. The second-order valence-electron chi connectivity index (χ2n) is 24.5. The van der Waals surface area contributed by atoms with Gasteiger partial charge in [0.25, 0.3) is 0 Å². The molecule has 6 heterocycles. The third-order valence-electron chi connectivity index (χ3n) is 17.7. The maximum atomic E-state index is 14.3. The van der Waals surface area contributed by atoms with Crippen molar-refractivity contribution in [2.24, 2.45) is 23.7 Å². The molecule has 0 N–H and O–H groups in total. The van der Waals surface area contributed by atoms with E-state index in [0.29, 0.717) is 52.3 Å².